The molecule has 0 unspecified atom stereocenters. The first-order valence-corrected chi connectivity index (χ1v) is 27.1. The number of amides is 11. The zero-order valence-corrected chi connectivity index (χ0v) is 47.6. The van der Waals surface area contributed by atoms with Crippen LogP contribution >= 0.6 is 0 Å². The number of aliphatic imine (C=N–C) groups is 1. The number of nitrogens with one attached hydrogen (secondary N) is 11. The van der Waals surface area contributed by atoms with Crippen molar-refractivity contribution in [3.63, 3.8) is 0 Å². The number of rotatable bonds is 43. The molecule has 0 radical (unpaired) electrons. The molecule has 1 heterocycles. The number of hydrogen-bond acceptors (Lipinski definition) is 23. The quantitative estimate of drug-likeness (QED) is 0.0164. The molecule has 0 aromatic carbocycles. The fourth-order valence-corrected chi connectivity index (χ4v) is 7.61. The molecule has 38 heteroatoms. The van der Waals surface area contributed by atoms with Gasteiger partial charge in [0.1, 0.15) is 66.5 Å². The molecule has 13 atom stereocenters. The number of aliphatic carboxylic acids is 1. The number of carbonyl (C=O) groups excluding carboxylic acids is 11. The number of carboxylic acid groups (broad SMARTS) is 1. The summed E-state index contributed by atoms with van der Waals surface area (Å²) in [6.07, 6.45) is -1.05. The molecule has 0 aliphatic carbocycles. The topological polar surface area (TPSA) is 664 Å². The van der Waals surface area contributed by atoms with E-state index in [0.717, 1.165) is 6.92 Å². The van der Waals surface area contributed by atoms with E-state index in [9.17, 15) is 93.3 Å². The van der Waals surface area contributed by atoms with Crippen molar-refractivity contribution in [2.75, 3.05) is 46.1 Å². The maximum atomic E-state index is 13.9. The number of aromatic amines is 1. The molecule has 486 valence electrons. The van der Waals surface area contributed by atoms with Crippen LogP contribution in [-0.4, -0.2) is 247 Å². The van der Waals surface area contributed by atoms with Gasteiger partial charge in [0.25, 0.3) is 0 Å². The first-order chi connectivity index (χ1) is 40.6. The number of carbonyl (C=O) groups is 12. The van der Waals surface area contributed by atoms with Gasteiger partial charge in [-0.2, -0.15) is 0 Å². The van der Waals surface area contributed by atoms with Crippen molar-refractivity contribution in [1.82, 2.24) is 63.1 Å². The van der Waals surface area contributed by atoms with Crippen LogP contribution in [0, 0.1) is 0 Å². The number of imidazole rings is 1. The van der Waals surface area contributed by atoms with Gasteiger partial charge >= 0.3 is 5.97 Å². The lowest BCUT2D eigenvalue weighted by molar-refractivity contribution is -0.142. The van der Waals surface area contributed by atoms with E-state index in [1.807, 2.05) is 10.6 Å². The summed E-state index contributed by atoms with van der Waals surface area (Å²) in [4.78, 5) is 169. The van der Waals surface area contributed by atoms with Crippen molar-refractivity contribution in [3.8, 4) is 0 Å². The molecule has 0 aliphatic rings. The molecule has 0 saturated heterocycles. The molecule has 30 N–H and O–H groups in total. The number of nitrogens with two attached hydrogens (primary N) is 6. The van der Waals surface area contributed by atoms with E-state index in [0.29, 0.717) is 18.5 Å². The van der Waals surface area contributed by atoms with Crippen molar-refractivity contribution in [2.24, 2.45) is 39.4 Å². The number of aliphatic hydroxyl groups excluding tert-OH is 6. The van der Waals surface area contributed by atoms with Gasteiger partial charge in [-0.05, 0) is 78.3 Å². The predicted molar refractivity (Wildman–Crippen MR) is 298 cm³/mol. The van der Waals surface area contributed by atoms with E-state index in [1.54, 1.807) is 0 Å². The lowest BCUT2D eigenvalue weighted by atomic mass is 10.0. The summed E-state index contributed by atoms with van der Waals surface area (Å²) < 4.78 is 0. The monoisotopic (exact) mass is 1230 g/mol. The normalized spacial score (nSPS) is 15.6. The van der Waals surface area contributed by atoms with Gasteiger partial charge in [0.05, 0.1) is 51.4 Å². The molecule has 11 amide bonds. The summed E-state index contributed by atoms with van der Waals surface area (Å²) in [5.41, 5.74) is 33.3. The van der Waals surface area contributed by atoms with Crippen LogP contribution in [0.4, 0.5) is 0 Å². The molecule has 86 heavy (non-hydrogen) atoms. The molecule has 0 bridgehead atoms. The molecule has 1 aromatic rings. The van der Waals surface area contributed by atoms with Crippen LogP contribution in [0.1, 0.15) is 77.3 Å². The summed E-state index contributed by atoms with van der Waals surface area (Å²) in [6, 6.07) is -19.1. The summed E-state index contributed by atoms with van der Waals surface area (Å²) in [6.45, 7) is -2.16. The molecule has 0 spiro atoms. The zero-order chi connectivity index (χ0) is 65.2. The Hall–Kier alpha value is -8.24. The van der Waals surface area contributed by atoms with E-state index >= 15 is 0 Å². The molecule has 1 aromatic heterocycles. The lowest BCUT2D eigenvalue weighted by Gasteiger charge is -2.28. The highest BCUT2D eigenvalue weighted by molar-refractivity contribution is 6.00. The van der Waals surface area contributed by atoms with Crippen molar-refractivity contribution in [3.05, 3.63) is 18.2 Å². The minimum absolute atomic E-state index is 0.0112. The Kier molecular flexibility index (Phi) is 35.4. The van der Waals surface area contributed by atoms with Crippen LogP contribution in [0.5, 0.6) is 0 Å². The number of primary amides is 1. The fraction of sp³-hybridized carbons (Fsp3) is 0.667. The lowest BCUT2D eigenvalue weighted by Crippen LogP contribution is -2.63. The van der Waals surface area contributed by atoms with Crippen LogP contribution in [0.2, 0.25) is 0 Å². The number of guanidine groups is 1. The number of H-pyrrole nitrogens is 1. The van der Waals surface area contributed by atoms with E-state index in [1.165, 1.54) is 19.4 Å². The number of aromatic nitrogens is 2. The highest BCUT2D eigenvalue weighted by atomic mass is 16.4. The Bertz CT molecular complexity index is 2420. The molecular weight excluding hydrogens is 1150 g/mol. The Balaban J connectivity index is 3.29. The van der Waals surface area contributed by atoms with Crippen LogP contribution in [0.25, 0.3) is 0 Å². The second-order valence-corrected chi connectivity index (χ2v) is 19.6. The average molecular weight is 1230 g/mol. The number of hydrogen-bond donors (Lipinski definition) is 24. The Labute approximate surface area is 492 Å². The molecular formula is C48H85N19O19. The van der Waals surface area contributed by atoms with Crippen molar-refractivity contribution in [2.45, 2.75) is 157 Å². The largest absolute Gasteiger partial charge is 0.480 e. The van der Waals surface area contributed by atoms with Crippen molar-refractivity contribution < 1.29 is 93.3 Å². The maximum Gasteiger partial charge on any atom is 0.326 e. The second kappa shape index (κ2) is 40.1. The van der Waals surface area contributed by atoms with Gasteiger partial charge in [-0.1, -0.05) is 0 Å². The third-order valence-electron chi connectivity index (χ3n) is 12.5. The first kappa shape index (κ1) is 75.8. The van der Waals surface area contributed by atoms with Crippen LogP contribution in [0.15, 0.2) is 17.5 Å². The van der Waals surface area contributed by atoms with Gasteiger partial charge in [-0.3, -0.25) is 57.7 Å². The Morgan fingerprint density at radius 3 is 1.21 bits per heavy atom. The predicted octanol–water partition coefficient (Wildman–Crippen LogP) is -12.9. The van der Waals surface area contributed by atoms with Crippen LogP contribution in [-0.2, 0) is 64.0 Å². The maximum absolute atomic E-state index is 13.9. The van der Waals surface area contributed by atoms with E-state index in [-0.39, 0.29) is 70.5 Å². The average Bonchev–Trinajstić information content (AvgIpc) is 3.79. The zero-order valence-electron chi connectivity index (χ0n) is 47.6. The second-order valence-electron chi connectivity index (χ2n) is 19.6. The van der Waals surface area contributed by atoms with Gasteiger partial charge in [-0.25, -0.2) is 9.78 Å². The smallest absolute Gasteiger partial charge is 0.326 e. The van der Waals surface area contributed by atoms with Crippen molar-refractivity contribution >= 4 is 76.9 Å². The van der Waals surface area contributed by atoms with Gasteiger partial charge < -0.3 is 128 Å². The molecule has 0 aliphatic heterocycles. The summed E-state index contributed by atoms with van der Waals surface area (Å²) in [7, 11) is 0. The molecule has 38 nitrogen and oxygen atoms in total. The Morgan fingerprint density at radius 1 is 0.500 bits per heavy atom. The molecule has 0 fully saturated rings. The molecule has 1 rings (SSSR count). The van der Waals surface area contributed by atoms with Gasteiger partial charge in [-0.15, -0.1) is 0 Å². The minimum Gasteiger partial charge on any atom is -0.480 e. The Morgan fingerprint density at radius 2 is 0.860 bits per heavy atom. The highest BCUT2D eigenvalue weighted by Crippen LogP contribution is 2.09. The number of unbranched alkanes of at least 4 members (excludes halogenated alkanes) is 2. The SMILES string of the molecule is C[C@@H](O)[C@H](N)C(=O)N[C@@H](CO)C(=O)N[C@@H](CCCCN)C(=O)N[C@@H](CC(N)=O)C(=O)N[C@H](C(=O)N[C@@H](CO)C(=O)N[C@@H](CO)C(=O)N[C@@H](CO)C(=O)N[C@@H](CCCCN)C(=O)N[C@@H](CCCN=C(N)N)C(=O)N[C@@H](Cc1cnc[nH]1)C(=O)O)[C@@H](C)O. The molecule has 0 saturated carbocycles. The standard InChI is InChI=1S/C48H85N19O19/c1-22(72)35(52)45(83)65-32(19-70)42(80)60-26(9-4-6-12-50)38(76)61-28(15-34(51)74)40(78)67-36(23(2)73)46(84)66-33(20-71)44(82)64-31(18-69)43(81)63-30(17-68)41(79)59-25(8-3-5-11-49)37(75)58-27(10-7-13-56-48(53)54)39(77)62-29(47(85)86)14-24-16-55-21-57-24/h16,21-23,25-33,35-36,68-73H,3-15,17-20,49-50,52H2,1-2H3,(H2,51,74)(H,55,57)(H,58,75)(H,59,79)(H,60,80)(H,61,76)(H,62,77)(H,63,81)(H,64,82)(H,65,83)(H,66,84)(H,67,78)(H,85,86)(H4,53,54,56)/t22-,23-,25+,26+,27+,28+,29+,30+,31+,32+,33+,35+,36+/m1/s1. The number of aliphatic hydroxyl groups is 6. The highest BCUT2D eigenvalue weighted by Gasteiger charge is 2.37. The third-order valence-corrected chi connectivity index (χ3v) is 12.5. The summed E-state index contributed by atoms with van der Waals surface area (Å²) in [5.74, 6) is -14.8. The minimum atomic E-state index is -2.05. The van der Waals surface area contributed by atoms with E-state index in [2.05, 4.69) is 57.5 Å². The van der Waals surface area contributed by atoms with E-state index in [4.69, 9.17) is 34.4 Å². The van der Waals surface area contributed by atoms with Crippen LogP contribution < -0.4 is 87.6 Å². The number of carboxylic acids is 1. The van der Waals surface area contributed by atoms with Gasteiger partial charge in [0.15, 0.2) is 5.96 Å². The van der Waals surface area contributed by atoms with Gasteiger partial charge in [0.2, 0.25) is 65.0 Å². The summed E-state index contributed by atoms with van der Waals surface area (Å²) >= 11 is 0. The fourth-order valence-electron chi connectivity index (χ4n) is 7.61. The van der Waals surface area contributed by atoms with Crippen LogP contribution in [0.3, 0.4) is 0 Å². The summed E-state index contributed by atoms with van der Waals surface area (Å²) in [5, 5.41) is 92.5. The van der Waals surface area contributed by atoms with Crippen molar-refractivity contribution in [1.29, 1.82) is 0 Å². The van der Waals surface area contributed by atoms with E-state index < -0.39 is 182 Å². The first-order valence-electron chi connectivity index (χ1n) is 27.1. The third kappa shape index (κ3) is 27.6. The number of nitrogens with zero attached hydrogens (tertiary/aromatic N) is 2. The van der Waals surface area contributed by atoms with Gasteiger partial charge in [0, 0.05) is 24.9 Å².